The van der Waals surface area contributed by atoms with Crippen molar-refractivity contribution >= 4 is 9.25 Å². The predicted octanol–water partition coefficient (Wildman–Crippen LogP) is 4.01. The molecule has 0 bridgehead atoms. The molecule has 0 saturated heterocycles. The number of nitrogens with zero attached hydrogens (tertiary/aromatic N) is 3. The minimum absolute atomic E-state index is 0.0611. The third-order valence-electron chi connectivity index (χ3n) is 5.44. The van der Waals surface area contributed by atoms with Gasteiger partial charge in [-0.1, -0.05) is 0 Å². The van der Waals surface area contributed by atoms with Crippen molar-refractivity contribution in [2.24, 2.45) is 4.99 Å². The number of amidine groups is 1. The zero-order chi connectivity index (χ0) is 19.7. The fourth-order valence-electron chi connectivity index (χ4n) is 4.01. The summed E-state index contributed by atoms with van der Waals surface area (Å²) in [7, 11) is 0. The van der Waals surface area contributed by atoms with E-state index < -0.39 is 0 Å². The van der Waals surface area contributed by atoms with E-state index in [9.17, 15) is 4.79 Å². The summed E-state index contributed by atoms with van der Waals surface area (Å²) in [5.41, 5.74) is 5.73. The number of hydrogen-bond donors (Lipinski definition) is 0. The third-order valence-corrected chi connectivity index (χ3v) is 7.38. The van der Waals surface area contributed by atoms with Gasteiger partial charge >= 0.3 is 183 Å². The van der Waals surface area contributed by atoms with Gasteiger partial charge in [0.1, 0.15) is 0 Å². The third kappa shape index (κ3) is 3.58. The molecule has 4 nitrogen and oxygen atoms in total. The van der Waals surface area contributed by atoms with Gasteiger partial charge in [-0.15, -0.1) is 0 Å². The minimum atomic E-state index is 0.0611. The Hall–Kier alpha value is -2.20. The van der Waals surface area contributed by atoms with E-state index in [2.05, 4.69) is 60.0 Å². The van der Waals surface area contributed by atoms with Crippen molar-refractivity contribution in [1.29, 1.82) is 0 Å². The Morgan fingerprint density at radius 2 is 1.64 bits per heavy atom. The van der Waals surface area contributed by atoms with Crippen LogP contribution in [0.5, 0.6) is 0 Å². The zero-order valence-electron chi connectivity index (χ0n) is 16.1. The average molecular weight is 557 g/mol. The quantitative estimate of drug-likeness (QED) is 0.536. The first-order valence-electron chi connectivity index (χ1n) is 9.53. The van der Waals surface area contributed by atoms with Crippen LogP contribution in [0.1, 0.15) is 30.5 Å². The summed E-state index contributed by atoms with van der Waals surface area (Å²) in [4.78, 5) is 21.0. The SMILES string of the molecule is C=C1C2=C(CN(C(C)=O)CC2)N=[C]([Hg])N1C(c1ccccc1)c1ccccc1. The monoisotopic (exact) mass is 558 g/mol. The maximum atomic E-state index is 11.8. The van der Waals surface area contributed by atoms with E-state index in [1.807, 2.05) is 17.0 Å². The molecule has 2 aliphatic heterocycles. The Kier molecular flexibility index (Phi) is 5.49. The van der Waals surface area contributed by atoms with Crippen molar-refractivity contribution in [3.63, 3.8) is 0 Å². The molecule has 0 aliphatic carbocycles. The number of amides is 1. The molecule has 1 amide bonds. The maximum absolute atomic E-state index is 11.8. The van der Waals surface area contributed by atoms with Gasteiger partial charge in [0.2, 0.25) is 0 Å². The van der Waals surface area contributed by atoms with Crippen LogP contribution in [0.15, 0.2) is 89.2 Å². The number of hydrogen-bond acceptors (Lipinski definition) is 3. The van der Waals surface area contributed by atoms with Crippen molar-refractivity contribution < 1.29 is 30.9 Å². The second-order valence-corrected chi connectivity index (χ2v) is 9.64. The molecule has 0 saturated carbocycles. The molecule has 4 rings (SSSR count). The van der Waals surface area contributed by atoms with Gasteiger partial charge in [0.25, 0.3) is 0 Å². The number of rotatable bonds is 3. The van der Waals surface area contributed by atoms with Gasteiger partial charge < -0.3 is 0 Å². The van der Waals surface area contributed by atoms with Crippen LogP contribution in [0.4, 0.5) is 0 Å². The first-order valence-corrected chi connectivity index (χ1v) is 12.3. The van der Waals surface area contributed by atoms with Gasteiger partial charge in [-0.2, -0.15) is 0 Å². The van der Waals surface area contributed by atoms with E-state index in [4.69, 9.17) is 4.99 Å². The van der Waals surface area contributed by atoms with Crippen molar-refractivity contribution in [3.8, 4) is 0 Å². The summed E-state index contributed by atoms with van der Waals surface area (Å²) in [5.74, 6) is 0.112. The Morgan fingerprint density at radius 1 is 1.07 bits per heavy atom. The molecular weight excluding hydrogens is 535 g/mol. The summed E-state index contributed by atoms with van der Waals surface area (Å²) in [6.45, 7) is 7.45. The van der Waals surface area contributed by atoms with E-state index in [0.717, 1.165) is 27.7 Å². The molecule has 0 spiro atoms. The molecule has 2 aromatic carbocycles. The fraction of sp³-hybridized carbons (Fsp3) is 0.217. The van der Waals surface area contributed by atoms with Gasteiger partial charge in [0.15, 0.2) is 0 Å². The van der Waals surface area contributed by atoms with Crippen molar-refractivity contribution in [3.05, 3.63) is 95.3 Å². The van der Waals surface area contributed by atoms with Crippen molar-refractivity contribution in [2.75, 3.05) is 13.1 Å². The van der Waals surface area contributed by atoms with Crippen LogP contribution < -0.4 is 0 Å². The molecule has 0 N–H and O–H groups in total. The van der Waals surface area contributed by atoms with Crippen LogP contribution in [-0.4, -0.2) is 32.1 Å². The van der Waals surface area contributed by atoms with Crippen LogP contribution >= 0.6 is 0 Å². The van der Waals surface area contributed by atoms with E-state index in [1.54, 1.807) is 6.92 Å². The molecule has 0 fully saturated rings. The Bertz CT molecular complexity index is 926. The van der Waals surface area contributed by atoms with Crippen LogP contribution in [0, 0.1) is 0 Å². The first-order chi connectivity index (χ1) is 13.6. The molecule has 0 aromatic heterocycles. The van der Waals surface area contributed by atoms with E-state index in [-0.39, 0.29) is 11.9 Å². The normalized spacial score (nSPS) is 17.0. The van der Waals surface area contributed by atoms with Crippen LogP contribution in [0.2, 0.25) is 0 Å². The number of benzene rings is 2. The summed E-state index contributed by atoms with van der Waals surface area (Å²) in [6.07, 6.45) is 0.811. The van der Waals surface area contributed by atoms with Crippen molar-refractivity contribution in [1.82, 2.24) is 9.80 Å². The number of carbonyl (C=O) groups excluding carboxylic acids is 1. The molecule has 2 aliphatic rings. The Morgan fingerprint density at radius 3 is 2.18 bits per heavy atom. The van der Waals surface area contributed by atoms with Gasteiger partial charge in [-0.05, 0) is 0 Å². The molecule has 5 heteroatoms. The molecule has 28 heavy (non-hydrogen) atoms. The number of carbonyl (C=O) groups is 1. The van der Waals surface area contributed by atoms with Crippen molar-refractivity contribution in [2.45, 2.75) is 19.4 Å². The van der Waals surface area contributed by atoms with Gasteiger partial charge in [0, 0.05) is 0 Å². The number of aliphatic imine (C=N–C) groups is 1. The summed E-state index contributed by atoms with van der Waals surface area (Å²) in [5, 5.41) is 0. The van der Waals surface area contributed by atoms with E-state index in [1.165, 1.54) is 16.7 Å². The second-order valence-electron chi connectivity index (χ2n) is 7.18. The average Bonchev–Trinajstić information content (AvgIpc) is 2.72. The predicted molar refractivity (Wildman–Crippen MR) is 107 cm³/mol. The topological polar surface area (TPSA) is 35.9 Å². The fourth-order valence-corrected chi connectivity index (χ4v) is 6.20. The molecule has 2 heterocycles. The van der Waals surface area contributed by atoms with Gasteiger partial charge in [-0.25, -0.2) is 0 Å². The van der Waals surface area contributed by atoms with Crippen LogP contribution in [-0.2, 0) is 30.9 Å². The molecule has 0 radical (unpaired) electrons. The first kappa shape index (κ1) is 19.1. The summed E-state index contributed by atoms with van der Waals surface area (Å²) in [6, 6.07) is 21.2. The number of allylic oxidation sites excluding steroid dienone is 1. The molecular formula is C23H22HgN3O. The molecule has 0 unspecified atom stereocenters. The van der Waals surface area contributed by atoms with Gasteiger partial charge in [0.05, 0.1) is 0 Å². The molecule has 0 atom stereocenters. The summed E-state index contributed by atoms with van der Waals surface area (Å²) >= 11 is 0.308. The van der Waals surface area contributed by atoms with Crippen LogP contribution in [0.3, 0.4) is 0 Å². The Balaban J connectivity index is 1.76. The van der Waals surface area contributed by atoms with Gasteiger partial charge in [-0.3, -0.25) is 0 Å². The molecule has 2 aromatic rings. The summed E-state index contributed by atoms with van der Waals surface area (Å²) < 4.78 is 1.10. The van der Waals surface area contributed by atoms with E-state index in [0.29, 0.717) is 32.7 Å². The van der Waals surface area contributed by atoms with E-state index >= 15 is 0 Å². The zero-order valence-corrected chi connectivity index (χ0v) is 21.6. The molecule has 137 valence electrons. The Labute approximate surface area is 182 Å². The van der Waals surface area contributed by atoms with Crippen LogP contribution in [0.25, 0.3) is 0 Å². The standard InChI is InChI=1S/C23H22N3O.Hg/c1-17-21-13-14-25(18(2)27)15-22(21)24-16-26(17)23(19-9-5-3-6-10-19)20-11-7-4-8-12-20;/h3-12,23H,1,13-15H2,2H3;. The second kappa shape index (κ2) is 8.04.